The van der Waals surface area contributed by atoms with Crippen molar-refractivity contribution in [1.82, 2.24) is 14.9 Å². The highest BCUT2D eigenvalue weighted by atomic mass is 32.1. The van der Waals surface area contributed by atoms with Gasteiger partial charge in [0.05, 0.1) is 10.9 Å². The van der Waals surface area contributed by atoms with Gasteiger partial charge in [-0.05, 0) is 25.0 Å². The molecule has 7 nitrogen and oxygen atoms in total. The fourth-order valence-electron chi connectivity index (χ4n) is 3.52. The molecule has 4 rings (SSSR count). The van der Waals surface area contributed by atoms with Gasteiger partial charge in [-0.3, -0.25) is 14.2 Å². The van der Waals surface area contributed by atoms with Crippen molar-refractivity contribution in [2.45, 2.75) is 19.9 Å². The predicted molar refractivity (Wildman–Crippen MR) is 124 cm³/mol. The number of aryl methyl sites for hydroxylation is 1. The highest BCUT2D eigenvalue weighted by Gasteiger charge is 2.21. The molecule has 0 aliphatic carbocycles. The number of hydrogen-bond donors (Lipinski definition) is 2. The van der Waals surface area contributed by atoms with Crippen LogP contribution in [0.3, 0.4) is 0 Å². The minimum atomic E-state index is -1.20. The number of carboxylic acids is 1. The van der Waals surface area contributed by atoms with Gasteiger partial charge in [0.25, 0.3) is 5.56 Å². The molecule has 162 valence electrons. The summed E-state index contributed by atoms with van der Waals surface area (Å²) in [7, 11) is 0. The summed E-state index contributed by atoms with van der Waals surface area (Å²) >= 11 is 1.10. The van der Waals surface area contributed by atoms with Gasteiger partial charge in [-0.2, -0.15) is 0 Å². The van der Waals surface area contributed by atoms with E-state index in [1.54, 1.807) is 0 Å². The Bertz CT molecular complexity index is 1360. The first-order valence-electron chi connectivity index (χ1n) is 10.1. The fraction of sp³-hybridized carbons (Fsp3) is 0.167. The molecule has 0 bridgehead atoms. The number of aromatic carboxylic acids is 1. The van der Waals surface area contributed by atoms with Crippen LogP contribution >= 0.6 is 11.3 Å². The van der Waals surface area contributed by atoms with Gasteiger partial charge in [0.15, 0.2) is 0 Å². The summed E-state index contributed by atoms with van der Waals surface area (Å²) in [4.78, 5) is 42.5. The smallest absolute Gasteiger partial charge is 0.337 e. The highest BCUT2D eigenvalue weighted by Crippen LogP contribution is 2.25. The SMILES string of the molecule is Cc1cccc(-c2nc3scc(C(=O)O)c3c(=O)n2CC(=O)NCCc2ccccc2)c1. The Morgan fingerprint density at radius 3 is 2.62 bits per heavy atom. The maximum atomic E-state index is 13.3. The van der Waals surface area contributed by atoms with E-state index < -0.39 is 11.5 Å². The first kappa shape index (κ1) is 21.5. The van der Waals surface area contributed by atoms with E-state index in [2.05, 4.69) is 10.3 Å². The van der Waals surface area contributed by atoms with Gasteiger partial charge in [0, 0.05) is 17.5 Å². The summed E-state index contributed by atoms with van der Waals surface area (Å²) in [6.07, 6.45) is 0.664. The van der Waals surface area contributed by atoms with Crippen LogP contribution in [-0.2, 0) is 17.8 Å². The third-order valence-corrected chi connectivity index (χ3v) is 5.95. The molecule has 1 amide bonds. The highest BCUT2D eigenvalue weighted by molar-refractivity contribution is 7.17. The number of benzene rings is 2. The number of nitrogens with zero attached hydrogens (tertiary/aromatic N) is 2. The van der Waals surface area contributed by atoms with E-state index >= 15 is 0 Å². The largest absolute Gasteiger partial charge is 0.478 e. The summed E-state index contributed by atoms with van der Waals surface area (Å²) < 4.78 is 1.26. The molecule has 2 aromatic heterocycles. The first-order chi connectivity index (χ1) is 15.4. The number of carbonyl (C=O) groups excluding carboxylic acids is 1. The Labute approximate surface area is 188 Å². The Morgan fingerprint density at radius 1 is 1.12 bits per heavy atom. The Morgan fingerprint density at radius 2 is 1.91 bits per heavy atom. The Kier molecular flexibility index (Phi) is 6.13. The monoisotopic (exact) mass is 447 g/mol. The second-order valence-electron chi connectivity index (χ2n) is 7.42. The van der Waals surface area contributed by atoms with Crippen LogP contribution in [-0.4, -0.2) is 33.1 Å². The average Bonchev–Trinajstić information content (AvgIpc) is 3.21. The van der Waals surface area contributed by atoms with Crippen LogP contribution < -0.4 is 10.9 Å². The van der Waals surface area contributed by atoms with Gasteiger partial charge in [-0.25, -0.2) is 9.78 Å². The Balaban J connectivity index is 1.69. The second kappa shape index (κ2) is 9.15. The van der Waals surface area contributed by atoms with Crippen molar-refractivity contribution in [1.29, 1.82) is 0 Å². The van der Waals surface area contributed by atoms with E-state index in [1.807, 2.05) is 61.5 Å². The number of thiophene rings is 1. The number of fused-ring (bicyclic) bond motifs is 1. The van der Waals surface area contributed by atoms with E-state index in [4.69, 9.17) is 0 Å². The van der Waals surface area contributed by atoms with Crippen molar-refractivity contribution >= 4 is 33.4 Å². The molecule has 0 aliphatic rings. The Hall–Kier alpha value is -3.78. The molecule has 0 radical (unpaired) electrons. The van der Waals surface area contributed by atoms with Crippen LogP contribution in [0.2, 0.25) is 0 Å². The van der Waals surface area contributed by atoms with Crippen molar-refractivity contribution in [3.05, 3.63) is 87.0 Å². The van der Waals surface area contributed by atoms with Crippen LogP contribution in [0.25, 0.3) is 21.6 Å². The van der Waals surface area contributed by atoms with E-state index in [9.17, 15) is 19.5 Å². The molecular formula is C24H21N3O4S. The molecular weight excluding hydrogens is 426 g/mol. The van der Waals surface area contributed by atoms with Crippen molar-refractivity contribution in [2.75, 3.05) is 6.54 Å². The van der Waals surface area contributed by atoms with Gasteiger partial charge in [0.2, 0.25) is 5.91 Å². The number of nitrogens with one attached hydrogen (secondary N) is 1. The third kappa shape index (κ3) is 4.45. The summed E-state index contributed by atoms with van der Waals surface area (Å²) in [5.74, 6) is -1.20. The summed E-state index contributed by atoms with van der Waals surface area (Å²) in [6, 6.07) is 17.2. The molecule has 32 heavy (non-hydrogen) atoms. The maximum Gasteiger partial charge on any atom is 0.337 e. The van der Waals surface area contributed by atoms with Crippen LogP contribution in [0.5, 0.6) is 0 Å². The van der Waals surface area contributed by atoms with Crippen LogP contribution in [0.1, 0.15) is 21.5 Å². The molecule has 0 unspecified atom stereocenters. The molecule has 2 N–H and O–H groups in total. The van der Waals surface area contributed by atoms with Gasteiger partial charge in [-0.15, -0.1) is 11.3 Å². The van der Waals surface area contributed by atoms with E-state index in [0.29, 0.717) is 29.2 Å². The molecule has 8 heteroatoms. The lowest BCUT2D eigenvalue weighted by molar-refractivity contribution is -0.121. The second-order valence-corrected chi connectivity index (χ2v) is 8.27. The quantitative estimate of drug-likeness (QED) is 0.452. The molecule has 0 fully saturated rings. The molecule has 0 aliphatic heterocycles. The number of aromatic nitrogens is 2. The standard InChI is InChI=1S/C24H21N3O4S/c1-15-6-5-9-17(12-15)21-26-22-20(18(14-32-22)24(30)31)23(29)27(21)13-19(28)25-11-10-16-7-3-2-4-8-16/h2-9,12,14H,10-11,13H2,1H3,(H,25,28)(H,30,31). The van der Waals surface area contributed by atoms with Crippen molar-refractivity contribution in [3.63, 3.8) is 0 Å². The number of hydrogen-bond acceptors (Lipinski definition) is 5. The zero-order valence-electron chi connectivity index (χ0n) is 17.4. The van der Waals surface area contributed by atoms with Gasteiger partial charge in [-0.1, -0.05) is 54.1 Å². The van der Waals surface area contributed by atoms with Crippen molar-refractivity contribution in [2.24, 2.45) is 0 Å². The molecule has 4 aromatic rings. The molecule has 0 spiro atoms. The zero-order valence-corrected chi connectivity index (χ0v) is 18.2. The number of carbonyl (C=O) groups is 2. The van der Waals surface area contributed by atoms with Crippen LogP contribution in [0, 0.1) is 6.92 Å². The zero-order chi connectivity index (χ0) is 22.7. The number of amides is 1. The molecule has 2 heterocycles. The normalized spacial score (nSPS) is 10.9. The van der Waals surface area contributed by atoms with Crippen molar-refractivity contribution in [3.8, 4) is 11.4 Å². The minimum Gasteiger partial charge on any atom is -0.478 e. The lowest BCUT2D eigenvalue weighted by atomic mass is 10.1. The lowest BCUT2D eigenvalue weighted by Crippen LogP contribution is -2.34. The van der Waals surface area contributed by atoms with Gasteiger partial charge < -0.3 is 10.4 Å². The molecule has 0 saturated carbocycles. The summed E-state index contributed by atoms with van der Waals surface area (Å²) in [5, 5.41) is 13.7. The maximum absolute atomic E-state index is 13.3. The van der Waals surface area contributed by atoms with Gasteiger partial charge in [0.1, 0.15) is 17.2 Å². The van der Waals surface area contributed by atoms with Crippen LogP contribution in [0.15, 0.2) is 64.8 Å². The van der Waals surface area contributed by atoms with Crippen LogP contribution in [0.4, 0.5) is 0 Å². The number of carboxylic acid groups (broad SMARTS) is 1. The molecule has 0 saturated heterocycles. The first-order valence-corrected chi connectivity index (χ1v) is 10.9. The predicted octanol–water partition coefficient (Wildman–Crippen LogP) is 3.49. The van der Waals surface area contributed by atoms with E-state index in [1.165, 1.54) is 9.95 Å². The molecule has 0 atom stereocenters. The van der Waals surface area contributed by atoms with E-state index in [-0.39, 0.29) is 23.4 Å². The van der Waals surface area contributed by atoms with Gasteiger partial charge >= 0.3 is 5.97 Å². The summed E-state index contributed by atoms with van der Waals surface area (Å²) in [6.45, 7) is 2.09. The van der Waals surface area contributed by atoms with Crippen molar-refractivity contribution < 1.29 is 14.7 Å². The van der Waals surface area contributed by atoms with E-state index in [0.717, 1.165) is 22.5 Å². The minimum absolute atomic E-state index is 0.0241. The number of rotatable bonds is 7. The fourth-order valence-corrected chi connectivity index (χ4v) is 4.43. The third-order valence-electron chi connectivity index (χ3n) is 5.08. The average molecular weight is 448 g/mol. The molecule has 2 aromatic carbocycles. The lowest BCUT2D eigenvalue weighted by Gasteiger charge is -2.13. The topological polar surface area (TPSA) is 101 Å². The summed E-state index contributed by atoms with van der Waals surface area (Å²) in [5.41, 5.74) is 2.12.